The molecule has 1 unspecified atom stereocenters. The Morgan fingerprint density at radius 3 is 2.64 bits per heavy atom. The summed E-state index contributed by atoms with van der Waals surface area (Å²) in [4.78, 5) is 0. The van der Waals surface area contributed by atoms with E-state index in [2.05, 4.69) is 19.2 Å². The quantitative estimate of drug-likeness (QED) is 0.612. The van der Waals surface area contributed by atoms with Crippen molar-refractivity contribution in [2.45, 2.75) is 39.2 Å². The van der Waals surface area contributed by atoms with Crippen LogP contribution in [0, 0.1) is 13.3 Å². The van der Waals surface area contributed by atoms with E-state index in [-0.39, 0.29) is 7.43 Å². The van der Waals surface area contributed by atoms with Crippen LogP contribution in [-0.4, -0.2) is 12.6 Å². The van der Waals surface area contributed by atoms with Gasteiger partial charge in [0.2, 0.25) is 0 Å². The normalized spacial score (nSPS) is 26.2. The number of rotatable bonds is 0. The average Bonchev–Trinajstić information content (AvgIpc) is 1.99. The fourth-order valence-electron chi connectivity index (χ4n) is 1.24. The summed E-state index contributed by atoms with van der Waals surface area (Å²) in [6.45, 7) is 5.71. The SMILES string of the molecule is C[C-]1CCCCNC1C.[CH3-].[Lr]. The maximum absolute atomic E-state index is 3.46. The second kappa shape index (κ2) is 5.72. The summed E-state index contributed by atoms with van der Waals surface area (Å²) in [7, 11) is 0. The predicted molar refractivity (Wildman–Crippen MR) is 46.6 cm³/mol. The molecule has 0 aromatic heterocycles. The Labute approximate surface area is 65.2 Å². The van der Waals surface area contributed by atoms with Crippen molar-refractivity contribution in [3.8, 4) is 0 Å². The van der Waals surface area contributed by atoms with Crippen LogP contribution >= 0.6 is 0 Å². The molecule has 0 aromatic carbocycles. The van der Waals surface area contributed by atoms with Crippen molar-refractivity contribution in [3.63, 3.8) is 0 Å². The zero-order valence-corrected chi connectivity index (χ0v) is 9.81. The molecule has 1 fully saturated rings. The average molecular weight is 403 g/mol. The fourth-order valence-corrected chi connectivity index (χ4v) is 1.24. The second-order valence-corrected chi connectivity index (χ2v) is 2.98. The van der Waals surface area contributed by atoms with E-state index in [0.717, 1.165) is 0 Å². The monoisotopic (exact) mass is 403 g/mol. The molecule has 1 aliphatic heterocycles. The molecule has 0 bridgehead atoms. The van der Waals surface area contributed by atoms with E-state index in [4.69, 9.17) is 0 Å². The van der Waals surface area contributed by atoms with Gasteiger partial charge in [0.1, 0.15) is 0 Å². The molecule has 0 saturated carbocycles. The Morgan fingerprint density at radius 1 is 1.36 bits per heavy atom. The Hall–Kier alpha value is -1.04. The molecule has 0 amide bonds. The van der Waals surface area contributed by atoms with E-state index in [1.807, 2.05) is 0 Å². The number of hydrogen-bond acceptors (Lipinski definition) is 1. The third kappa shape index (κ3) is 3.61. The summed E-state index contributed by atoms with van der Waals surface area (Å²) in [6.07, 6.45) is 4.05. The van der Waals surface area contributed by atoms with Gasteiger partial charge in [0.25, 0.3) is 0 Å². The first-order valence-corrected chi connectivity index (χ1v) is 3.86. The molecule has 2 heteroatoms. The van der Waals surface area contributed by atoms with E-state index in [9.17, 15) is 0 Å². The van der Waals surface area contributed by atoms with E-state index in [1.165, 1.54) is 25.8 Å². The van der Waals surface area contributed by atoms with Crippen LogP contribution in [0.5, 0.6) is 0 Å². The zero-order valence-electron chi connectivity index (χ0n) is 7.66. The zero-order chi connectivity index (χ0) is 6.69. The molecule has 1 radical (unpaired) electrons. The third-order valence-electron chi connectivity index (χ3n) is 2.19. The van der Waals surface area contributed by atoms with Gasteiger partial charge >= 0.3 is 0 Å². The van der Waals surface area contributed by atoms with Gasteiger partial charge in [-0.2, -0.15) is 13.3 Å². The first-order chi connectivity index (χ1) is 4.30. The van der Waals surface area contributed by atoms with Crippen molar-refractivity contribution in [2.24, 2.45) is 0 Å². The number of hydrogen-bond donors (Lipinski definition) is 1. The largest absolute Gasteiger partial charge is 0.358 e. The smallest absolute Gasteiger partial charge is 0 e. The van der Waals surface area contributed by atoms with Crippen LogP contribution in [-0.2, 0) is 0 Å². The summed E-state index contributed by atoms with van der Waals surface area (Å²) in [6, 6.07) is 0.660. The maximum atomic E-state index is 3.46. The minimum absolute atomic E-state index is 0. The molecule has 1 saturated heterocycles. The minimum Gasteiger partial charge on any atom is -0.358 e. The van der Waals surface area contributed by atoms with Gasteiger partial charge in [-0.25, -0.2) is 0 Å². The van der Waals surface area contributed by atoms with Crippen LogP contribution in [0.3, 0.4) is 0 Å². The third-order valence-corrected chi connectivity index (χ3v) is 2.19. The van der Waals surface area contributed by atoms with Crippen LogP contribution in [0.25, 0.3) is 0 Å². The first kappa shape index (κ1) is 12.6. The minimum atomic E-state index is 0. The van der Waals surface area contributed by atoms with Crippen molar-refractivity contribution in [2.75, 3.05) is 6.54 Å². The Morgan fingerprint density at radius 2 is 2.00 bits per heavy atom. The standard InChI is InChI=1S/C8H16N.CH3.Lr/c1-7-5-3-4-6-9-8(7)2;;/h8-9H,3-6H2,1-2H3;1H3;/q2*-1;. The molecule has 11 heavy (non-hydrogen) atoms. The topological polar surface area (TPSA) is 12.0 Å². The maximum Gasteiger partial charge on any atom is 0 e. The number of nitrogens with one attached hydrogen (secondary N) is 1. The van der Waals surface area contributed by atoms with E-state index < -0.39 is 0 Å². The Kier molecular flexibility index (Phi) is 6.57. The van der Waals surface area contributed by atoms with Crippen LogP contribution in [0.4, 0.5) is 0 Å². The predicted octanol–water partition coefficient (Wildman–Crippen LogP) is 2.19. The summed E-state index contributed by atoms with van der Waals surface area (Å²) >= 11 is 0. The van der Waals surface area contributed by atoms with Gasteiger partial charge in [0, 0.05) is 0 Å². The second-order valence-electron chi connectivity index (χ2n) is 2.98. The van der Waals surface area contributed by atoms with Gasteiger partial charge in [0.15, 0.2) is 0 Å². The summed E-state index contributed by atoms with van der Waals surface area (Å²) in [5.74, 6) is 1.62. The van der Waals surface area contributed by atoms with Crippen LogP contribution < -0.4 is 5.32 Å². The molecule has 1 N–H and O–H groups in total. The molecule has 0 aliphatic carbocycles. The van der Waals surface area contributed by atoms with Gasteiger partial charge in [-0.05, 0) is 13.0 Å². The summed E-state index contributed by atoms with van der Waals surface area (Å²) in [5, 5.41) is 3.46. The van der Waals surface area contributed by atoms with Gasteiger partial charge in [-0.1, -0.05) is 13.3 Å². The van der Waals surface area contributed by atoms with Crippen molar-refractivity contribution in [1.82, 2.24) is 5.32 Å². The van der Waals surface area contributed by atoms with Crippen molar-refractivity contribution in [1.29, 1.82) is 0 Å². The van der Waals surface area contributed by atoms with Gasteiger partial charge < -0.3 is 18.7 Å². The van der Waals surface area contributed by atoms with E-state index in [1.54, 1.807) is 5.92 Å². The molecule has 0 spiro atoms. The summed E-state index contributed by atoms with van der Waals surface area (Å²) < 4.78 is 0. The van der Waals surface area contributed by atoms with E-state index in [0.29, 0.717) is 6.04 Å². The molecular weight excluding hydrogens is 384 g/mol. The molecule has 1 aliphatic rings. The molecule has 1 atom stereocenters. The van der Waals surface area contributed by atoms with Gasteiger partial charge in [-0.15, -0.1) is 6.04 Å². The Bertz CT molecular complexity index is 75.6. The molecule has 77 valence electrons. The van der Waals surface area contributed by atoms with E-state index >= 15 is 0 Å². The van der Waals surface area contributed by atoms with Crippen LogP contribution in [0.1, 0.15) is 33.1 Å². The molecule has 1 rings (SSSR count). The van der Waals surface area contributed by atoms with Gasteiger partial charge in [0.05, 0.1) is 0 Å². The molecular formula is C9H19LrN-2. The molecule has 1 heterocycles. The Balaban J connectivity index is 0. The van der Waals surface area contributed by atoms with Crippen molar-refractivity contribution in [3.05, 3.63) is 13.3 Å². The van der Waals surface area contributed by atoms with Crippen molar-refractivity contribution >= 4 is 0 Å². The van der Waals surface area contributed by atoms with Crippen LogP contribution in [0.15, 0.2) is 0 Å². The van der Waals surface area contributed by atoms with Crippen LogP contribution in [0.2, 0.25) is 0 Å². The molecule has 1 nitrogen and oxygen atoms in total. The fraction of sp³-hybridized carbons (Fsp3) is 0.778. The van der Waals surface area contributed by atoms with Gasteiger partial charge in [-0.3, -0.25) is 0 Å². The summed E-state index contributed by atoms with van der Waals surface area (Å²) in [5.41, 5.74) is 0. The van der Waals surface area contributed by atoms with Crippen molar-refractivity contribution < 1.29 is 0 Å². The first-order valence-electron chi connectivity index (χ1n) is 3.86. The molecule has 0 aromatic rings.